The average molecular weight is 170 g/mol. The van der Waals surface area contributed by atoms with Gasteiger partial charge in [0.1, 0.15) is 0 Å². The third-order valence-corrected chi connectivity index (χ3v) is 3.12. The van der Waals surface area contributed by atoms with Gasteiger partial charge < -0.3 is 11.5 Å². The van der Waals surface area contributed by atoms with Crippen molar-refractivity contribution in [1.82, 2.24) is 0 Å². The van der Waals surface area contributed by atoms with Gasteiger partial charge in [0.05, 0.1) is 0 Å². The number of rotatable bonds is 2. The summed E-state index contributed by atoms with van der Waals surface area (Å²) in [5.41, 5.74) is 11.3. The molecule has 1 aliphatic rings. The van der Waals surface area contributed by atoms with E-state index in [1.54, 1.807) is 0 Å². The standard InChI is InChI=1S/C10H22N2/c11-7-9-3-1-4-10(8-12)6-2-5-9/h9-10H,1-8,11-12H2. The van der Waals surface area contributed by atoms with E-state index in [-0.39, 0.29) is 0 Å². The quantitative estimate of drug-likeness (QED) is 0.659. The molecule has 1 rings (SSSR count). The van der Waals surface area contributed by atoms with Gasteiger partial charge in [0.25, 0.3) is 0 Å². The fraction of sp³-hybridized carbons (Fsp3) is 1.00. The van der Waals surface area contributed by atoms with Gasteiger partial charge in [-0.1, -0.05) is 12.8 Å². The highest BCUT2D eigenvalue weighted by Gasteiger charge is 2.14. The van der Waals surface area contributed by atoms with Crippen LogP contribution in [0.5, 0.6) is 0 Å². The van der Waals surface area contributed by atoms with E-state index in [9.17, 15) is 0 Å². The van der Waals surface area contributed by atoms with Gasteiger partial charge in [-0.05, 0) is 50.6 Å². The molecule has 2 nitrogen and oxygen atoms in total. The van der Waals surface area contributed by atoms with E-state index in [1.165, 1.54) is 38.5 Å². The topological polar surface area (TPSA) is 52.0 Å². The van der Waals surface area contributed by atoms with Gasteiger partial charge in [-0.25, -0.2) is 0 Å². The Bertz CT molecular complexity index is 92.4. The smallest absolute Gasteiger partial charge is 0.00489 e. The van der Waals surface area contributed by atoms with Gasteiger partial charge >= 0.3 is 0 Å². The first-order valence-electron chi connectivity index (χ1n) is 5.27. The predicted molar refractivity (Wildman–Crippen MR) is 52.8 cm³/mol. The SMILES string of the molecule is NCC1CCCC(CN)CCC1. The van der Waals surface area contributed by atoms with Crippen molar-refractivity contribution in [2.45, 2.75) is 38.5 Å². The highest BCUT2D eigenvalue weighted by molar-refractivity contribution is 4.69. The molecule has 0 unspecified atom stereocenters. The van der Waals surface area contributed by atoms with Gasteiger partial charge in [0.2, 0.25) is 0 Å². The molecule has 72 valence electrons. The minimum absolute atomic E-state index is 0.795. The normalized spacial score (nSPS) is 32.5. The Labute approximate surface area is 75.7 Å². The number of hydrogen-bond acceptors (Lipinski definition) is 2. The molecule has 4 N–H and O–H groups in total. The molecule has 1 aliphatic carbocycles. The Morgan fingerprint density at radius 2 is 1.08 bits per heavy atom. The zero-order valence-electron chi connectivity index (χ0n) is 7.97. The lowest BCUT2D eigenvalue weighted by Gasteiger charge is -2.22. The van der Waals surface area contributed by atoms with Crippen molar-refractivity contribution in [3.8, 4) is 0 Å². The van der Waals surface area contributed by atoms with Crippen molar-refractivity contribution >= 4 is 0 Å². The molecule has 2 heteroatoms. The second-order valence-electron chi connectivity index (χ2n) is 4.07. The first-order valence-corrected chi connectivity index (χ1v) is 5.27. The lowest BCUT2D eigenvalue weighted by atomic mass is 9.86. The number of hydrogen-bond donors (Lipinski definition) is 2. The van der Waals surface area contributed by atoms with Gasteiger partial charge in [-0.2, -0.15) is 0 Å². The summed E-state index contributed by atoms with van der Waals surface area (Å²) < 4.78 is 0. The van der Waals surface area contributed by atoms with Crippen LogP contribution < -0.4 is 11.5 Å². The molecule has 1 saturated carbocycles. The fourth-order valence-electron chi connectivity index (χ4n) is 2.15. The second kappa shape index (κ2) is 5.55. The molecule has 0 amide bonds. The minimum Gasteiger partial charge on any atom is -0.330 e. The lowest BCUT2D eigenvalue weighted by Crippen LogP contribution is -2.20. The lowest BCUT2D eigenvalue weighted by molar-refractivity contribution is 0.325. The van der Waals surface area contributed by atoms with Crippen LogP contribution in [0.3, 0.4) is 0 Å². The predicted octanol–water partition coefficient (Wildman–Crippen LogP) is 1.49. The van der Waals surface area contributed by atoms with Crippen LogP contribution in [-0.2, 0) is 0 Å². The summed E-state index contributed by atoms with van der Waals surface area (Å²) in [7, 11) is 0. The summed E-state index contributed by atoms with van der Waals surface area (Å²) in [5, 5.41) is 0. The first kappa shape index (κ1) is 10.0. The van der Waals surface area contributed by atoms with Crippen molar-refractivity contribution in [3.05, 3.63) is 0 Å². The Kier molecular flexibility index (Phi) is 4.62. The fourth-order valence-corrected chi connectivity index (χ4v) is 2.15. The average Bonchev–Trinajstić information content (AvgIpc) is 2.05. The maximum atomic E-state index is 5.67. The van der Waals surface area contributed by atoms with Crippen LogP contribution in [0, 0.1) is 11.8 Å². The maximum Gasteiger partial charge on any atom is -0.00489 e. The maximum absolute atomic E-state index is 5.67. The van der Waals surface area contributed by atoms with Gasteiger partial charge in [-0.15, -0.1) is 0 Å². The van der Waals surface area contributed by atoms with Crippen LogP contribution >= 0.6 is 0 Å². The van der Waals surface area contributed by atoms with Crippen molar-refractivity contribution in [1.29, 1.82) is 0 Å². The van der Waals surface area contributed by atoms with Crippen molar-refractivity contribution < 1.29 is 0 Å². The van der Waals surface area contributed by atoms with Crippen LogP contribution in [-0.4, -0.2) is 13.1 Å². The summed E-state index contributed by atoms with van der Waals surface area (Å²) in [6, 6.07) is 0. The van der Waals surface area contributed by atoms with E-state index < -0.39 is 0 Å². The molecule has 12 heavy (non-hydrogen) atoms. The first-order chi connectivity index (χ1) is 5.86. The van der Waals surface area contributed by atoms with E-state index in [1.807, 2.05) is 0 Å². The molecule has 0 spiro atoms. The van der Waals surface area contributed by atoms with E-state index in [4.69, 9.17) is 11.5 Å². The molecule has 1 fully saturated rings. The molecule has 0 aromatic carbocycles. The zero-order valence-corrected chi connectivity index (χ0v) is 7.97. The van der Waals surface area contributed by atoms with Crippen LogP contribution in [0.2, 0.25) is 0 Å². The van der Waals surface area contributed by atoms with Gasteiger partial charge in [0, 0.05) is 0 Å². The van der Waals surface area contributed by atoms with Crippen molar-refractivity contribution in [3.63, 3.8) is 0 Å². The van der Waals surface area contributed by atoms with Crippen LogP contribution in [0.4, 0.5) is 0 Å². The van der Waals surface area contributed by atoms with E-state index in [2.05, 4.69) is 0 Å². The van der Waals surface area contributed by atoms with Gasteiger partial charge in [0.15, 0.2) is 0 Å². The van der Waals surface area contributed by atoms with E-state index >= 15 is 0 Å². The van der Waals surface area contributed by atoms with E-state index in [0.717, 1.165) is 24.9 Å². The Hall–Kier alpha value is -0.0800. The van der Waals surface area contributed by atoms with Gasteiger partial charge in [-0.3, -0.25) is 0 Å². The molecule has 0 heterocycles. The number of nitrogens with two attached hydrogens (primary N) is 2. The highest BCUT2D eigenvalue weighted by atomic mass is 14.6. The second-order valence-corrected chi connectivity index (χ2v) is 4.07. The summed E-state index contributed by atoms with van der Waals surface area (Å²) >= 11 is 0. The molecule has 0 aromatic heterocycles. The van der Waals surface area contributed by atoms with E-state index in [0.29, 0.717) is 0 Å². The molecular weight excluding hydrogens is 148 g/mol. The van der Waals surface area contributed by atoms with Crippen molar-refractivity contribution in [2.75, 3.05) is 13.1 Å². The summed E-state index contributed by atoms with van der Waals surface area (Å²) in [4.78, 5) is 0. The Balaban J connectivity index is 2.24. The molecular formula is C10H22N2. The molecule has 0 aliphatic heterocycles. The Morgan fingerprint density at radius 1 is 0.750 bits per heavy atom. The summed E-state index contributed by atoms with van der Waals surface area (Å²) in [5.74, 6) is 1.59. The van der Waals surface area contributed by atoms with Crippen LogP contribution in [0.15, 0.2) is 0 Å². The summed E-state index contributed by atoms with van der Waals surface area (Å²) in [6.45, 7) is 1.76. The third-order valence-electron chi connectivity index (χ3n) is 3.12. The van der Waals surface area contributed by atoms with Crippen LogP contribution in [0.1, 0.15) is 38.5 Å². The summed E-state index contributed by atoms with van der Waals surface area (Å²) in [6.07, 6.45) is 7.98. The highest BCUT2D eigenvalue weighted by Crippen LogP contribution is 2.24. The monoisotopic (exact) mass is 170 g/mol. The molecule has 0 bridgehead atoms. The minimum atomic E-state index is 0.795. The largest absolute Gasteiger partial charge is 0.330 e. The van der Waals surface area contributed by atoms with Crippen LogP contribution in [0.25, 0.3) is 0 Å². The zero-order chi connectivity index (χ0) is 8.81. The Morgan fingerprint density at radius 3 is 1.33 bits per heavy atom. The molecule has 0 aromatic rings. The molecule has 0 atom stereocenters. The molecule has 0 radical (unpaired) electrons. The van der Waals surface area contributed by atoms with Crippen molar-refractivity contribution in [2.24, 2.45) is 23.3 Å². The molecule has 0 saturated heterocycles. The third kappa shape index (κ3) is 3.11.